The Balaban J connectivity index is 1.53. The third-order valence-corrected chi connectivity index (χ3v) is 5.84. The summed E-state index contributed by atoms with van der Waals surface area (Å²) in [6, 6.07) is 19.6. The van der Waals surface area contributed by atoms with E-state index in [0.717, 1.165) is 23.5 Å². The molecule has 0 spiro atoms. The lowest BCUT2D eigenvalue weighted by molar-refractivity contribution is 0.387. The van der Waals surface area contributed by atoms with Crippen LogP contribution in [0.3, 0.4) is 0 Å². The minimum Gasteiger partial charge on any atom is -0.308 e. The van der Waals surface area contributed by atoms with Crippen molar-refractivity contribution in [1.82, 2.24) is 20.3 Å². The van der Waals surface area contributed by atoms with Crippen molar-refractivity contribution in [3.8, 4) is 11.3 Å². The van der Waals surface area contributed by atoms with Crippen LogP contribution in [-0.2, 0) is 13.1 Å². The molecule has 4 rings (SSSR count). The van der Waals surface area contributed by atoms with E-state index in [1.54, 1.807) is 0 Å². The van der Waals surface area contributed by atoms with Crippen LogP contribution in [-0.4, -0.2) is 21.0 Å². The highest BCUT2D eigenvalue weighted by Gasteiger charge is 2.16. The van der Waals surface area contributed by atoms with E-state index >= 15 is 0 Å². The van der Waals surface area contributed by atoms with Gasteiger partial charge in [-0.05, 0) is 25.3 Å². The number of aryl methyl sites for hydroxylation is 1. The lowest BCUT2D eigenvalue weighted by Crippen LogP contribution is -2.29. The summed E-state index contributed by atoms with van der Waals surface area (Å²) in [5.74, 6) is 0. The number of nitrogens with zero attached hydrogens (tertiary/aromatic N) is 3. The summed E-state index contributed by atoms with van der Waals surface area (Å²) in [4.78, 5) is 1.85. The molecule has 1 aromatic heterocycles. The van der Waals surface area contributed by atoms with E-state index in [1.807, 2.05) is 10.9 Å². The van der Waals surface area contributed by atoms with Crippen LogP contribution >= 0.6 is 0 Å². The van der Waals surface area contributed by atoms with Crippen LogP contribution in [0, 0.1) is 6.92 Å². The molecule has 0 aliphatic heterocycles. The van der Waals surface area contributed by atoms with Crippen molar-refractivity contribution in [3.05, 3.63) is 71.4 Å². The van der Waals surface area contributed by atoms with Gasteiger partial charge in [-0.25, -0.2) is 0 Å². The van der Waals surface area contributed by atoms with Gasteiger partial charge in [0.1, 0.15) is 11.4 Å². The predicted molar refractivity (Wildman–Crippen MR) is 119 cm³/mol. The molecule has 0 bridgehead atoms. The van der Waals surface area contributed by atoms with Gasteiger partial charge in [0.2, 0.25) is 0 Å². The Kier molecular flexibility index (Phi) is 6.73. The molecule has 4 nitrogen and oxygen atoms in total. The molecule has 0 saturated heterocycles. The van der Waals surface area contributed by atoms with E-state index in [4.69, 9.17) is 10.2 Å². The fourth-order valence-electron chi connectivity index (χ4n) is 4.27. The zero-order valence-electron chi connectivity index (χ0n) is 17.5. The van der Waals surface area contributed by atoms with Gasteiger partial charge in [0.25, 0.3) is 0 Å². The quantitative estimate of drug-likeness (QED) is 0.606. The number of rotatable bonds is 6. The van der Waals surface area contributed by atoms with Gasteiger partial charge in [-0.1, -0.05) is 92.3 Å². The molecule has 2 aromatic carbocycles. The molecule has 3 aromatic rings. The Labute approximate surface area is 174 Å². The van der Waals surface area contributed by atoms with Gasteiger partial charge in [0.15, 0.2) is 0 Å². The van der Waals surface area contributed by atoms with E-state index in [-0.39, 0.29) is 0 Å². The molecule has 0 atom stereocenters. The molecule has 1 heterocycles. The van der Waals surface area contributed by atoms with Crippen molar-refractivity contribution < 1.29 is 0 Å². The van der Waals surface area contributed by atoms with Crippen LogP contribution in [0.2, 0.25) is 0 Å². The van der Waals surface area contributed by atoms with Crippen molar-refractivity contribution in [2.24, 2.45) is 0 Å². The Bertz CT molecular complexity index is 892. The molecule has 0 unspecified atom stereocenters. The van der Waals surface area contributed by atoms with Crippen molar-refractivity contribution in [3.63, 3.8) is 0 Å². The van der Waals surface area contributed by atoms with Crippen LogP contribution in [0.25, 0.3) is 11.3 Å². The lowest BCUT2D eigenvalue weighted by atomic mass is 9.96. The minimum atomic E-state index is 0.598. The van der Waals surface area contributed by atoms with Crippen LogP contribution in [0.1, 0.15) is 61.8 Å². The topological polar surface area (TPSA) is 42.7 Å². The molecular weight excluding hydrogens is 356 g/mol. The zero-order chi connectivity index (χ0) is 19.9. The summed E-state index contributed by atoms with van der Waals surface area (Å²) in [5, 5.41) is 13.5. The molecular formula is C25H32N4. The molecule has 0 amide bonds. The van der Waals surface area contributed by atoms with E-state index in [0.29, 0.717) is 12.6 Å². The standard InChI is InChI=1S/C25H32N4/c1-20-11-10-12-21(17-20)19-29-27-24(25(28-29)22-13-6-5-7-14-22)18-26-23-15-8-3-2-4-9-16-23/h5-7,10-14,17,23,26H,2-4,8-9,15-16,18-19H2,1H3. The highest BCUT2D eigenvalue weighted by Crippen LogP contribution is 2.22. The first kappa shape index (κ1) is 19.8. The van der Waals surface area contributed by atoms with E-state index in [1.165, 1.54) is 56.1 Å². The second-order valence-corrected chi connectivity index (χ2v) is 8.30. The maximum absolute atomic E-state index is 4.88. The first-order valence-electron chi connectivity index (χ1n) is 11.1. The fraction of sp³-hybridized carbons (Fsp3) is 0.440. The molecule has 29 heavy (non-hydrogen) atoms. The second-order valence-electron chi connectivity index (χ2n) is 8.30. The summed E-state index contributed by atoms with van der Waals surface area (Å²) in [5.41, 5.74) is 5.68. The number of benzene rings is 2. The number of aromatic nitrogens is 3. The van der Waals surface area contributed by atoms with Gasteiger partial charge in [-0.15, -0.1) is 0 Å². The molecule has 1 saturated carbocycles. The zero-order valence-corrected chi connectivity index (χ0v) is 17.5. The lowest BCUT2D eigenvalue weighted by Gasteiger charge is -2.20. The Morgan fingerprint density at radius 1 is 0.897 bits per heavy atom. The summed E-state index contributed by atoms with van der Waals surface area (Å²) in [6.07, 6.45) is 9.38. The van der Waals surface area contributed by atoms with E-state index in [2.05, 4.69) is 60.8 Å². The Morgan fingerprint density at radius 2 is 1.66 bits per heavy atom. The summed E-state index contributed by atoms with van der Waals surface area (Å²) in [6.45, 7) is 3.60. The van der Waals surface area contributed by atoms with Crippen LogP contribution < -0.4 is 5.32 Å². The molecule has 1 fully saturated rings. The third-order valence-electron chi connectivity index (χ3n) is 5.84. The summed E-state index contributed by atoms with van der Waals surface area (Å²) >= 11 is 0. The van der Waals surface area contributed by atoms with Crippen LogP contribution in [0.15, 0.2) is 54.6 Å². The summed E-state index contributed by atoms with van der Waals surface area (Å²) < 4.78 is 0. The molecule has 4 heteroatoms. The average molecular weight is 389 g/mol. The van der Waals surface area contributed by atoms with Gasteiger partial charge in [0.05, 0.1) is 6.54 Å². The Morgan fingerprint density at radius 3 is 2.41 bits per heavy atom. The van der Waals surface area contributed by atoms with Gasteiger partial charge >= 0.3 is 0 Å². The molecule has 0 radical (unpaired) electrons. The fourth-order valence-corrected chi connectivity index (χ4v) is 4.27. The maximum atomic E-state index is 4.88. The highest BCUT2D eigenvalue weighted by molar-refractivity contribution is 5.60. The monoisotopic (exact) mass is 388 g/mol. The first-order chi connectivity index (χ1) is 14.3. The Hall–Kier alpha value is -2.46. The van der Waals surface area contributed by atoms with E-state index < -0.39 is 0 Å². The normalized spacial score (nSPS) is 15.8. The van der Waals surface area contributed by atoms with E-state index in [9.17, 15) is 0 Å². The molecule has 152 valence electrons. The van der Waals surface area contributed by atoms with Crippen molar-refractivity contribution in [2.75, 3.05) is 0 Å². The number of nitrogens with one attached hydrogen (secondary N) is 1. The maximum Gasteiger partial charge on any atom is 0.117 e. The molecule has 1 aliphatic carbocycles. The van der Waals surface area contributed by atoms with Crippen LogP contribution in [0.5, 0.6) is 0 Å². The van der Waals surface area contributed by atoms with Crippen molar-refractivity contribution in [1.29, 1.82) is 0 Å². The van der Waals surface area contributed by atoms with Gasteiger partial charge in [-0.2, -0.15) is 15.0 Å². The van der Waals surface area contributed by atoms with Crippen molar-refractivity contribution >= 4 is 0 Å². The van der Waals surface area contributed by atoms with Crippen molar-refractivity contribution in [2.45, 2.75) is 71.0 Å². The second kappa shape index (κ2) is 9.84. The number of hydrogen-bond acceptors (Lipinski definition) is 3. The smallest absolute Gasteiger partial charge is 0.117 e. The average Bonchev–Trinajstić information content (AvgIpc) is 3.10. The SMILES string of the molecule is Cc1cccc(Cn2nc(CNC3CCCCCCC3)c(-c3ccccc3)n2)c1. The minimum absolute atomic E-state index is 0.598. The summed E-state index contributed by atoms with van der Waals surface area (Å²) in [7, 11) is 0. The number of hydrogen-bond donors (Lipinski definition) is 1. The third kappa shape index (κ3) is 5.54. The van der Waals surface area contributed by atoms with Crippen LogP contribution in [0.4, 0.5) is 0 Å². The van der Waals surface area contributed by atoms with Gasteiger partial charge < -0.3 is 5.32 Å². The predicted octanol–water partition coefficient (Wildman–Crippen LogP) is 5.50. The molecule has 1 aliphatic rings. The molecule has 1 N–H and O–H groups in total. The first-order valence-corrected chi connectivity index (χ1v) is 11.1. The highest BCUT2D eigenvalue weighted by atomic mass is 15.5. The largest absolute Gasteiger partial charge is 0.308 e. The van der Waals surface area contributed by atoms with Gasteiger partial charge in [0, 0.05) is 18.2 Å². The van der Waals surface area contributed by atoms with Gasteiger partial charge in [-0.3, -0.25) is 0 Å².